The number of thioether (sulfide) groups is 1. The van der Waals surface area contributed by atoms with Crippen LogP contribution in [0.5, 0.6) is 0 Å². The van der Waals surface area contributed by atoms with Crippen molar-refractivity contribution in [3.8, 4) is 0 Å². The summed E-state index contributed by atoms with van der Waals surface area (Å²) in [4.78, 5) is 35.7. The van der Waals surface area contributed by atoms with Gasteiger partial charge in [0.2, 0.25) is 5.91 Å². The fraction of sp³-hybridized carbons (Fsp3) is 0.421. The van der Waals surface area contributed by atoms with Crippen molar-refractivity contribution < 1.29 is 19.1 Å². The molecule has 0 atom stereocenters. The van der Waals surface area contributed by atoms with Crippen LogP contribution >= 0.6 is 11.8 Å². The SMILES string of the molecule is COC(=O)CCNC(=O)C(=Cc1ccccc1)CSC(=O)C(C)(C)C. The Bertz CT molecular complexity index is 633. The van der Waals surface area contributed by atoms with Gasteiger partial charge >= 0.3 is 5.97 Å². The summed E-state index contributed by atoms with van der Waals surface area (Å²) in [6.07, 6.45) is 1.87. The zero-order valence-corrected chi connectivity index (χ0v) is 15.9. The van der Waals surface area contributed by atoms with E-state index in [1.165, 1.54) is 7.11 Å². The van der Waals surface area contributed by atoms with Gasteiger partial charge in [-0.2, -0.15) is 0 Å². The van der Waals surface area contributed by atoms with E-state index in [2.05, 4.69) is 10.1 Å². The minimum Gasteiger partial charge on any atom is -0.469 e. The van der Waals surface area contributed by atoms with Crippen LogP contribution in [0.3, 0.4) is 0 Å². The first-order valence-corrected chi connectivity index (χ1v) is 9.00. The second-order valence-corrected chi connectivity index (χ2v) is 7.44. The number of amides is 1. The molecule has 0 unspecified atom stereocenters. The zero-order valence-electron chi connectivity index (χ0n) is 15.1. The number of ether oxygens (including phenoxy) is 1. The summed E-state index contributed by atoms with van der Waals surface area (Å²) in [6, 6.07) is 9.43. The summed E-state index contributed by atoms with van der Waals surface area (Å²) in [5.74, 6) is -0.400. The van der Waals surface area contributed by atoms with Crippen molar-refractivity contribution in [2.24, 2.45) is 5.41 Å². The van der Waals surface area contributed by atoms with Gasteiger partial charge in [0.15, 0.2) is 5.12 Å². The molecule has 5 nitrogen and oxygen atoms in total. The summed E-state index contributed by atoms with van der Waals surface area (Å²) in [6.45, 7) is 5.73. The summed E-state index contributed by atoms with van der Waals surface area (Å²) in [5.41, 5.74) is 0.896. The van der Waals surface area contributed by atoms with Crippen LogP contribution in [0.1, 0.15) is 32.8 Å². The quantitative estimate of drug-likeness (QED) is 0.595. The van der Waals surface area contributed by atoms with Gasteiger partial charge in [0, 0.05) is 23.3 Å². The summed E-state index contributed by atoms with van der Waals surface area (Å²) < 4.78 is 4.55. The van der Waals surface area contributed by atoms with Crippen molar-refractivity contribution in [1.82, 2.24) is 5.32 Å². The van der Waals surface area contributed by atoms with Crippen molar-refractivity contribution in [1.29, 1.82) is 0 Å². The van der Waals surface area contributed by atoms with Gasteiger partial charge in [0.1, 0.15) is 0 Å². The predicted octanol–water partition coefficient (Wildman–Crippen LogP) is 3.06. The Morgan fingerprint density at radius 3 is 2.36 bits per heavy atom. The molecule has 0 fully saturated rings. The highest BCUT2D eigenvalue weighted by atomic mass is 32.2. The van der Waals surface area contributed by atoms with E-state index in [1.54, 1.807) is 6.08 Å². The van der Waals surface area contributed by atoms with Crippen LogP contribution in [0.2, 0.25) is 0 Å². The van der Waals surface area contributed by atoms with Gasteiger partial charge in [0.25, 0.3) is 0 Å². The van der Waals surface area contributed by atoms with E-state index in [-0.39, 0.29) is 35.7 Å². The van der Waals surface area contributed by atoms with Gasteiger partial charge in [-0.3, -0.25) is 14.4 Å². The first kappa shape index (κ1) is 21.0. The lowest BCUT2D eigenvalue weighted by atomic mass is 10.00. The minimum atomic E-state index is -0.468. The van der Waals surface area contributed by atoms with Gasteiger partial charge in [-0.15, -0.1) is 0 Å². The molecule has 1 aromatic carbocycles. The Balaban J connectivity index is 2.81. The van der Waals surface area contributed by atoms with Crippen LogP contribution in [-0.4, -0.2) is 36.4 Å². The zero-order chi connectivity index (χ0) is 18.9. The van der Waals surface area contributed by atoms with Crippen molar-refractivity contribution in [3.05, 3.63) is 41.5 Å². The molecule has 6 heteroatoms. The van der Waals surface area contributed by atoms with Gasteiger partial charge in [-0.1, -0.05) is 62.9 Å². The van der Waals surface area contributed by atoms with Crippen LogP contribution < -0.4 is 5.32 Å². The molecular weight excluding hydrogens is 338 g/mol. The van der Waals surface area contributed by atoms with Gasteiger partial charge in [-0.25, -0.2) is 0 Å². The fourth-order valence-electron chi connectivity index (χ4n) is 1.78. The van der Waals surface area contributed by atoms with Crippen LogP contribution in [0, 0.1) is 5.41 Å². The van der Waals surface area contributed by atoms with Crippen molar-refractivity contribution in [2.75, 3.05) is 19.4 Å². The molecule has 1 aromatic rings. The fourth-order valence-corrected chi connectivity index (χ4v) is 2.71. The molecule has 25 heavy (non-hydrogen) atoms. The molecule has 136 valence electrons. The molecule has 0 spiro atoms. The lowest BCUT2D eigenvalue weighted by Gasteiger charge is -2.16. The third-order valence-corrected chi connectivity index (χ3v) is 4.58. The second kappa shape index (κ2) is 10.0. The van der Waals surface area contributed by atoms with Gasteiger partial charge in [0.05, 0.1) is 13.5 Å². The average Bonchev–Trinajstić information content (AvgIpc) is 2.57. The van der Waals surface area contributed by atoms with Gasteiger partial charge in [-0.05, 0) is 11.6 Å². The average molecular weight is 363 g/mol. The monoisotopic (exact) mass is 363 g/mol. The molecule has 1 amide bonds. The Morgan fingerprint density at radius 2 is 1.80 bits per heavy atom. The molecule has 0 heterocycles. The van der Waals surface area contributed by atoms with Crippen LogP contribution in [-0.2, 0) is 19.1 Å². The molecule has 0 saturated heterocycles. The van der Waals surface area contributed by atoms with E-state index in [4.69, 9.17) is 0 Å². The molecule has 0 aliphatic heterocycles. The third-order valence-electron chi connectivity index (χ3n) is 3.25. The van der Waals surface area contributed by atoms with Crippen molar-refractivity contribution in [3.63, 3.8) is 0 Å². The molecule has 0 saturated carbocycles. The van der Waals surface area contributed by atoms with Crippen LogP contribution in [0.15, 0.2) is 35.9 Å². The molecule has 1 rings (SSSR count). The van der Waals surface area contributed by atoms with E-state index < -0.39 is 5.41 Å². The van der Waals surface area contributed by atoms with Crippen molar-refractivity contribution in [2.45, 2.75) is 27.2 Å². The minimum absolute atomic E-state index is 0.0221. The Labute approximate surface area is 153 Å². The maximum Gasteiger partial charge on any atom is 0.307 e. The molecular formula is C19H25NO4S. The number of hydrogen-bond donors (Lipinski definition) is 1. The van der Waals surface area contributed by atoms with E-state index in [9.17, 15) is 14.4 Å². The maximum absolute atomic E-state index is 12.4. The highest BCUT2D eigenvalue weighted by Gasteiger charge is 2.23. The molecule has 0 aromatic heterocycles. The third kappa shape index (κ3) is 8.03. The molecule has 0 aliphatic carbocycles. The first-order valence-electron chi connectivity index (χ1n) is 8.02. The van der Waals surface area contributed by atoms with Crippen LogP contribution in [0.25, 0.3) is 6.08 Å². The van der Waals surface area contributed by atoms with Crippen LogP contribution in [0.4, 0.5) is 0 Å². The lowest BCUT2D eigenvalue weighted by Crippen LogP contribution is -2.29. The number of carbonyl (C=O) groups is 3. The normalized spacial score (nSPS) is 11.8. The smallest absolute Gasteiger partial charge is 0.307 e. The largest absolute Gasteiger partial charge is 0.469 e. The summed E-state index contributed by atoms with van der Waals surface area (Å²) in [7, 11) is 1.31. The number of hydrogen-bond acceptors (Lipinski definition) is 5. The number of rotatable bonds is 7. The Morgan fingerprint density at radius 1 is 1.16 bits per heavy atom. The van der Waals surface area contributed by atoms with E-state index >= 15 is 0 Å². The molecule has 0 aliphatic rings. The Hall–Kier alpha value is -2.08. The van der Waals surface area contributed by atoms with E-state index in [0.717, 1.165) is 17.3 Å². The summed E-state index contributed by atoms with van der Waals surface area (Å²) >= 11 is 1.12. The van der Waals surface area contributed by atoms with Gasteiger partial charge < -0.3 is 10.1 Å². The molecule has 0 bridgehead atoms. The van der Waals surface area contributed by atoms with Crippen molar-refractivity contribution >= 4 is 34.8 Å². The molecule has 1 N–H and O–H groups in total. The Kier molecular flexibility index (Phi) is 8.41. The standard InChI is InChI=1S/C19H25NO4S/c1-19(2,3)18(23)25-13-15(12-14-8-6-5-7-9-14)17(22)20-11-10-16(21)24-4/h5-9,12H,10-11,13H2,1-4H3,(H,20,22). The molecule has 0 radical (unpaired) electrons. The van der Waals surface area contributed by atoms with E-state index in [0.29, 0.717) is 5.57 Å². The lowest BCUT2D eigenvalue weighted by molar-refractivity contribution is -0.140. The predicted molar refractivity (Wildman–Crippen MR) is 101 cm³/mol. The maximum atomic E-state index is 12.4. The second-order valence-electron chi connectivity index (χ2n) is 6.49. The van der Waals surface area contributed by atoms with E-state index in [1.807, 2.05) is 51.1 Å². The number of benzene rings is 1. The number of methoxy groups -OCH3 is 1. The number of esters is 1. The highest BCUT2D eigenvalue weighted by Crippen LogP contribution is 2.25. The topological polar surface area (TPSA) is 72.5 Å². The highest BCUT2D eigenvalue weighted by molar-refractivity contribution is 8.13. The summed E-state index contributed by atoms with van der Waals surface area (Å²) in [5, 5.41) is 2.72. The first-order chi connectivity index (χ1) is 11.7. The number of nitrogens with one attached hydrogen (secondary N) is 1. The number of carbonyl (C=O) groups excluding carboxylic acids is 3.